The van der Waals surface area contributed by atoms with Gasteiger partial charge in [0.25, 0.3) is 5.69 Å². The van der Waals surface area contributed by atoms with E-state index in [1.54, 1.807) is 13.1 Å². The van der Waals surface area contributed by atoms with E-state index < -0.39 is 0 Å². The van der Waals surface area contributed by atoms with Crippen LogP contribution in [-0.4, -0.2) is 41.7 Å². The molecule has 2 rings (SSSR count). The van der Waals surface area contributed by atoms with Crippen molar-refractivity contribution in [3.63, 3.8) is 0 Å². The minimum absolute atomic E-state index is 0.112. The minimum Gasteiger partial charge on any atom is -0.396 e. The van der Waals surface area contributed by atoms with Gasteiger partial charge in [-0.25, -0.2) is 0 Å². The lowest BCUT2D eigenvalue weighted by atomic mass is 9.98. The summed E-state index contributed by atoms with van der Waals surface area (Å²) in [6.07, 6.45) is 2.12. The number of nitrogens with zero attached hydrogens (tertiary/aromatic N) is 2. The van der Waals surface area contributed by atoms with Crippen LogP contribution in [0.3, 0.4) is 0 Å². The van der Waals surface area contributed by atoms with Crippen molar-refractivity contribution in [2.75, 3.05) is 32.1 Å². The Morgan fingerprint density at radius 3 is 3.00 bits per heavy atom. The van der Waals surface area contributed by atoms with Crippen molar-refractivity contribution in [2.45, 2.75) is 19.4 Å². The van der Waals surface area contributed by atoms with Crippen LogP contribution in [-0.2, 0) is 6.54 Å². The summed E-state index contributed by atoms with van der Waals surface area (Å²) in [5.74, 6) is 0.320. The number of hydrogen-bond acceptors (Lipinski definition) is 5. The van der Waals surface area contributed by atoms with Gasteiger partial charge in [-0.2, -0.15) is 0 Å². The van der Waals surface area contributed by atoms with E-state index in [1.165, 1.54) is 6.07 Å². The number of piperidine rings is 1. The van der Waals surface area contributed by atoms with E-state index in [1.807, 2.05) is 6.07 Å². The molecule has 1 saturated heterocycles. The van der Waals surface area contributed by atoms with Crippen molar-refractivity contribution < 1.29 is 10.0 Å². The van der Waals surface area contributed by atoms with Gasteiger partial charge in [0.1, 0.15) is 5.69 Å². The lowest BCUT2D eigenvalue weighted by Crippen LogP contribution is -2.36. The second-order valence-electron chi connectivity index (χ2n) is 5.24. The summed E-state index contributed by atoms with van der Waals surface area (Å²) in [7, 11) is 1.71. The molecule has 1 aliphatic rings. The van der Waals surface area contributed by atoms with Crippen molar-refractivity contribution in [3.8, 4) is 0 Å². The maximum atomic E-state index is 11.0. The molecule has 0 aliphatic carbocycles. The molecule has 1 heterocycles. The first-order valence-electron chi connectivity index (χ1n) is 6.93. The van der Waals surface area contributed by atoms with Crippen molar-refractivity contribution in [3.05, 3.63) is 33.9 Å². The summed E-state index contributed by atoms with van der Waals surface area (Å²) in [5.41, 5.74) is 1.63. The Morgan fingerprint density at radius 1 is 1.55 bits per heavy atom. The van der Waals surface area contributed by atoms with Crippen molar-refractivity contribution in [1.29, 1.82) is 0 Å². The lowest BCUT2D eigenvalue weighted by molar-refractivity contribution is -0.384. The number of aliphatic hydroxyl groups excluding tert-OH is 1. The predicted octanol–water partition coefficient (Wildman–Crippen LogP) is 1.84. The molecule has 2 N–H and O–H groups in total. The number of nitrogens with one attached hydrogen (secondary N) is 1. The highest BCUT2D eigenvalue weighted by Crippen LogP contribution is 2.29. The number of nitro groups is 1. The molecule has 0 radical (unpaired) electrons. The summed E-state index contributed by atoms with van der Waals surface area (Å²) in [4.78, 5) is 12.9. The first-order chi connectivity index (χ1) is 9.65. The molecule has 0 aromatic heterocycles. The quantitative estimate of drug-likeness (QED) is 0.635. The number of aliphatic hydroxyl groups is 1. The summed E-state index contributed by atoms with van der Waals surface area (Å²) >= 11 is 0. The molecular weight excluding hydrogens is 258 g/mol. The molecule has 0 spiro atoms. The Labute approximate surface area is 118 Å². The average molecular weight is 279 g/mol. The fourth-order valence-electron chi connectivity index (χ4n) is 2.84. The number of benzene rings is 1. The second kappa shape index (κ2) is 6.67. The largest absolute Gasteiger partial charge is 0.396 e. The Balaban J connectivity index is 2.16. The minimum atomic E-state index is -0.359. The van der Waals surface area contributed by atoms with E-state index in [-0.39, 0.29) is 17.2 Å². The average Bonchev–Trinajstić information content (AvgIpc) is 2.47. The molecule has 0 bridgehead atoms. The maximum absolute atomic E-state index is 11.0. The number of hydrogen-bond donors (Lipinski definition) is 2. The van der Waals surface area contributed by atoms with Gasteiger partial charge in [0.05, 0.1) is 4.92 Å². The summed E-state index contributed by atoms with van der Waals surface area (Å²) in [6.45, 7) is 2.71. The van der Waals surface area contributed by atoms with Gasteiger partial charge in [0.15, 0.2) is 0 Å². The zero-order valence-corrected chi connectivity index (χ0v) is 11.7. The van der Waals surface area contributed by atoms with Crippen LogP contribution in [0.4, 0.5) is 11.4 Å². The molecular formula is C14H21N3O3. The second-order valence-corrected chi connectivity index (χ2v) is 5.24. The van der Waals surface area contributed by atoms with Gasteiger partial charge < -0.3 is 10.4 Å². The molecule has 6 heteroatoms. The number of nitro benzene ring substituents is 1. The van der Waals surface area contributed by atoms with Crippen LogP contribution in [0, 0.1) is 16.0 Å². The molecule has 1 aliphatic heterocycles. The molecule has 1 aromatic carbocycles. The van der Waals surface area contributed by atoms with Crippen LogP contribution in [0.1, 0.15) is 18.4 Å². The Bertz CT molecular complexity index is 479. The number of rotatable bonds is 5. The van der Waals surface area contributed by atoms with Gasteiger partial charge in [0, 0.05) is 32.8 Å². The Morgan fingerprint density at radius 2 is 2.35 bits per heavy atom. The molecule has 1 unspecified atom stereocenters. The Hall–Kier alpha value is -1.66. The third kappa shape index (κ3) is 3.26. The number of para-hydroxylation sites is 1. The van der Waals surface area contributed by atoms with Gasteiger partial charge in [-0.15, -0.1) is 0 Å². The van der Waals surface area contributed by atoms with Crippen LogP contribution in [0.25, 0.3) is 0 Å². The molecule has 1 fully saturated rings. The first kappa shape index (κ1) is 14.7. The zero-order valence-electron chi connectivity index (χ0n) is 11.7. The number of anilines is 1. The highest BCUT2D eigenvalue weighted by atomic mass is 16.6. The molecule has 1 atom stereocenters. The van der Waals surface area contributed by atoms with E-state index >= 15 is 0 Å². The van der Waals surface area contributed by atoms with Crippen LogP contribution in [0.2, 0.25) is 0 Å². The fourth-order valence-corrected chi connectivity index (χ4v) is 2.84. The molecule has 0 saturated carbocycles. The van der Waals surface area contributed by atoms with Crippen LogP contribution >= 0.6 is 0 Å². The smallest absolute Gasteiger partial charge is 0.292 e. The fraction of sp³-hybridized carbons (Fsp3) is 0.571. The topological polar surface area (TPSA) is 78.6 Å². The standard InChI is InChI=1S/C14H21N3O3/c1-15-14-12(5-2-6-13(14)17(19)20)9-16-7-3-4-11(8-16)10-18/h2,5-6,11,15,18H,3-4,7-10H2,1H3. The molecule has 110 valence electrons. The highest BCUT2D eigenvalue weighted by molar-refractivity contribution is 5.66. The monoisotopic (exact) mass is 279 g/mol. The van der Waals surface area contributed by atoms with Crippen LogP contribution in [0.5, 0.6) is 0 Å². The molecule has 6 nitrogen and oxygen atoms in total. The van der Waals surface area contributed by atoms with E-state index in [2.05, 4.69) is 10.2 Å². The molecule has 1 aromatic rings. The van der Waals surface area contributed by atoms with Gasteiger partial charge in [0.2, 0.25) is 0 Å². The van der Waals surface area contributed by atoms with Crippen molar-refractivity contribution in [1.82, 2.24) is 4.90 Å². The molecule has 20 heavy (non-hydrogen) atoms. The highest BCUT2D eigenvalue weighted by Gasteiger charge is 2.22. The van der Waals surface area contributed by atoms with E-state index in [0.29, 0.717) is 18.2 Å². The summed E-state index contributed by atoms with van der Waals surface area (Å²) < 4.78 is 0. The van der Waals surface area contributed by atoms with Gasteiger partial charge in [-0.3, -0.25) is 15.0 Å². The van der Waals surface area contributed by atoms with Gasteiger partial charge in [-0.05, 0) is 30.9 Å². The summed E-state index contributed by atoms with van der Waals surface area (Å²) in [6, 6.07) is 5.16. The zero-order chi connectivity index (χ0) is 14.5. The van der Waals surface area contributed by atoms with Crippen LogP contribution < -0.4 is 5.32 Å². The molecule has 0 amide bonds. The third-order valence-corrected chi connectivity index (χ3v) is 3.83. The first-order valence-corrected chi connectivity index (χ1v) is 6.93. The van der Waals surface area contributed by atoms with Gasteiger partial charge in [-0.1, -0.05) is 12.1 Å². The number of likely N-dealkylation sites (tertiary alicyclic amines) is 1. The van der Waals surface area contributed by atoms with E-state index in [9.17, 15) is 15.2 Å². The predicted molar refractivity (Wildman–Crippen MR) is 77.7 cm³/mol. The van der Waals surface area contributed by atoms with Crippen molar-refractivity contribution in [2.24, 2.45) is 5.92 Å². The maximum Gasteiger partial charge on any atom is 0.292 e. The lowest BCUT2D eigenvalue weighted by Gasteiger charge is -2.32. The Kier molecular flexibility index (Phi) is 4.92. The van der Waals surface area contributed by atoms with E-state index in [0.717, 1.165) is 31.5 Å². The SMILES string of the molecule is CNc1c(CN2CCCC(CO)C2)cccc1[N+](=O)[O-]. The van der Waals surface area contributed by atoms with E-state index in [4.69, 9.17) is 0 Å². The summed E-state index contributed by atoms with van der Waals surface area (Å²) in [5, 5.41) is 23.2. The van der Waals surface area contributed by atoms with Gasteiger partial charge >= 0.3 is 0 Å². The third-order valence-electron chi connectivity index (χ3n) is 3.83. The van der Waals surface area contributed by atoms with Crippen molar-refractivity contribution >= 4 is 11.4 Å². The normalized spacial score (nSPS) is 19.8. The van der Waals surface area contributed by atoms with Crippen LogP contribution in [0.15, 0.2) is 18.2 Å².